The van der Waals surface area contributed by atoms with Crippen LogP contribution in [0.1, 0.15) is 23.6 Å². The number of aliphatic hydroxyl groups excluding tert-OH is 1. The molecule has 1 unspecified atom stereocenters. The Labute approximate surface area is 139 Å². The molecule has 126 valence electrons. The lowest BCUT2D eigenvalue weighted by Crippen LogP contribution is -2.38. The number of hydrogen-bond donors (Lipinski definition) is 3. The van der Waals surface area contributed by atoms with Crippen molar-refractivity contribution in [3.63, 3.8) is 0 Å². The molecular weight excluding hydrogens is 311 g/mol. The van der Waals surface area contributed by atoms with Crippen LogP contribution in [0.15, 0.2) is 48.5 Å². The summed E-state index contributed by atoms with van der Waals surface area (Å²) in [5, 5.41) is 14.1. The summed E-state index contributed by atoms with van der Waals surface area (Å²) in [6.07, 6.45) is 0.280. The van der Waals surface area contributed by atoms with Gasteiger partial charge in [0, 0.05) is 12.3 Å². The zero-order valence-electron chi connectivity index (χ0n) is 13.3. The van der Waals surface area contributed by atoms with Crippen molar-refractivity contribution in [2.75, 3.05) is 11.9 Å². The van der Waals surface area contributed by atoms with E-state index in [9.17, 15) is 14.0 Å². The van der Waals surface area contributed by atoms with Crippen molar-refractivity contribution in [3.05, 3.63) is 65.5 Å². The van der Waals surface area contributed by atoms with Gasteiger partial charge in [-0.05, 0) is 36.6 Å². The molecule has 0 radical (unpaired) electrons. The third-order valence-electron chi connectivity index (χ3n) is 3.58. The minimum Gasteiger partial charge on any atom is -0.396 e. The lowest BCUT2D eigenvalue weighted by molar-refractivity contribution is -0.136. The summed E-state index contributed by atoms with van der Waals surface area (Å²) >= 11 is 0. The molecular formula is C18H19FN2O3. The summed E-state index contributed by atoms with van der Waals surface area (Å²) in [4.78, 5) is 24.1. The van der Waals surface area contributed by atoms with E-state index in [1.807, 2.05) is 18.2 Å². The molecule has 0 spiro atoms. The number of anilines is 1. The second kappa shape index (κ2) is 8.21. The summed E-state index contributed by atoms with van der Waals surface area (Å²) in [5.41, 5.74) is 1.68. The molecule has 0 bridgehead atoms. The average molecular weight is 330 g/mol. The molecule has 0 heterocycles. The normalized spacial score (nSPS) is 11.6. The Hall–Kier alpha value is -2.73. The molecule has 0 fully saturated rings. The van der Waals surface area contributed by atoms with Gasteiger partial charge in [0.1, 0.15) is 5.82 Å². The molecule has 24 heavy (non-hydrogen) atoms. The van der Waals surface area contributed by atoms with E-state index in [0.717, 1.165) is 11.6 Å². The smallest absolute Gasteiger partial charge is 0.313 e. The highest BCUT2D eigenvalue weighted by Crippen LogP contribution is 2.17. The van der Waals surface area contributed by atoms with Gasteiger partial charge in [0.05, 0.1) is 6.04 Å². The van der Waals surface area contributed by atoms with Gasteiger partial charge in [0.2, 0.25) is 0 Å². The zero-order chi connectivity index (χ0) is 17.5. The van der Waals surface area contributed by atoms with Crippen molar-refractivity contribution < 1.29 is 19.1 Å². The first-order chi connectivity index (χ1) is 11.5. The first kappa shape index (κ1) is 17.6. The summed E-state index contributed by atoms with van der Waals surface area (Å²) in [6, 6.07) is 12.5. The van der Waals surface area contributed by atoms with Gasteiger partial charge in [-0.25, -0.2) is 4.39 Å². The van der Waals surface area contributed by atoms with E-state index in [-0.39, 0.29) is 18.7 Å². The molecule has 6 heteroatoms. The van der Waals surface area contributed by atoms with Crippen LogP contribution in [-0.4, -0.2) is 23.5 Å². The molecule has 0 saturated carbocycles. The van der Waals surface area contributed by atoms with E-state index in [4.69, 9.17) is 5.11 Å². The lowest BCUT2D eigenvalue weighted by atomic mass is 10.0. The fraction of sp³-hybridized carbons (Fsp3) is 0.222. The Balaban J connectivity index is 2.06. The van der Waals surface area contributed by atoms with Gasteiger partial charge >= 0.3 is 11.8 Å². The predicted molar refractivity (Wildman–Crippen MR) is 88.8 cm³/mol. The second-order valence-electron chi connectivity index (χ2n) is 5.36. The predicted octanol–water partition coefficient (Wildman–Crippen LogP) is 2.31. The van der Waals surface area contributed by atoms with E-state index >= 15 is 0 Å². The number of rotatable bonds is 5. The number of amides is 2. The molecule has 0 aliphatic rings. The quantitative estimate of drug-likeness (QED) is 0.736. The van der Waals surface area contributed by atoms with Crippen LogP contribution >= 0.6 is 0 Å². The van der Waals surface area contributed by atoms with Crippen LogP contribution in [-0.2, 0) is 9.59 Å². The molecule has 2 amide bonds. The highest BCUT2D eigenvalue weighted by Gasteiger charge is 2.20. The molecule has 1 atom stereocenters. The van der Waals surface area contributed by atoms with E-state index < -0.39 is 23.7 Å². The second-order valence-corrected chi connectivity index (χ2v) is 5.36. The Morgan fingerprint density at radius 1 is 1.12 bits per heavy atom. The average Bonchev–Trinajstić information content (AvgIpc) is 2.58. The summed E-state index contributed by atoms with van der Waals surface area (Å²) < 4.78 is 13.3. The fourth-order valence-electron chi connectivity index (χ4n) is 2.27. The number of aliphatic hydroxyl groups is 1. The zero-order valence-corrected chi connectivity index (χ0v) is 13.3. The number of aryl methyl sites for hydroxylation is 1. The van der Waals surface area contributed by atoms with Crippen molar-refractivity contribution in [1.29, 1.82) is 0 Å². The SMILES string of the molecule is Cc1ccc(F)cc1NC(=O)C(=O)NC(CCO)c1ccccc1. The maximum atomic E-state index is 13.3. The number of hydrogen-bond acceptors (Lipinski definition) is 3. The van der Waals surface area contributed by atoms with Gasteiger partial charge in [-0.15, -0.1) is 0 Å². The van der Waals surface area contributed by atoms with E-state index in [1.54, 1.807) is 19.1 Å². The number of nitrogens with one attached hydrogen (secondary N) is 2. The van der Waals surface area contributed by atoms with Gasteiger partial charge in [0.15, 0.2) is 0 Å². The standard InChI is InChI=1S/C18H19FN2O3/c1-12-7-8-14(19)11-16(12)21-18(24)17(23)20-15(9-10-22)13-5-3-2-4-6-13/h2-8,11,15,22H,9-10H2,1H3,(H,20,23)(H,21,24). The van der Waals surface area contributed by atoms with Crippen molar-refractivity contribution >= 4 is 17.5 Å². The molecule has 3 N–H and O–H groups in total. The molecule has 0 aliphatic carbocycles. The minimum absolute atomic E-state index is 0.134. The van der Waals surface area contributed by atoms with Crippen LogP contribution in [0.3, 0.4) is 0 Å². The summed E-state index contributed by atoms with van der Waals surface area (Å²) in [5.74, 6) is -2.23. The highest BCUT2D eigenvalue weighted by molar-refractivity contribution is 6.39. The van der Waals surface area contributed by atoms with Gasteiger partial charge in [-0.1, -0.05) is 36.4 Å². The van der Waals surface area contributed by atoms with Crippen molar-refractivity contribution in [3.8, 4) is 0 Å². The van der Waals surface area contributed by atoms with Crippen LogP contribution in [0.25, 0.3) is 0 Å². The van der Waals surface area contributed by atoms with Crippen LogP contribution in [0.4, 0.5) is 10.1 Å². The van der Waals surface area contributed by atoms with E-state index in [0.29, 0.717) is 5.56 Å². The summed E-state index contributed by atoms with van der Waals surface area (Å²) in [7, 11) is 0. The first-order valence-electron chi connectivity index (χ1n) is 7.55. The molecule has 2 rings (SSSR count). The molecule has 5 nitrogen and oxygen atoms in total. The highest BCUT2D eigenvalue weighted by atomic mass is 19.1. The Morgan fingerprint density at radius 2 is 1.83 bits per heavy atom. The monoisotopic (exact) mass is 330 g/mol. The van der Waals surface area contributed by atoms with E-state index in [2.05, 4.69) is 10.6 Å². The van der Waals surface area contributed by atoms with Gasteiger partial charge < -0.3 is 15.7 Å². The third-order valence-corrected chi connectivity index (χ3v) is 3.58. The maximum Gasteiger partial charge on any atom is 0.313 e. The number of halogens is 1. The third kappa shape index (κ3) is 4.63. The Kier molecular flexibility index (Phi) is 6.03. The van der Waals surface area contributed by atoms with Gasteiger partial charge in [0.25, 0.3) is 0 Å². The maximum absolute atomic E-state index is 13.3. The van der Waals surface area contributed by atoms with Gasteiger partial charge in [-0.2, -0.15) is 0 Å². The van der Waals surface area contributed by atoms with Gasteiger partial charge in [-0.3, -0.25) is 9.59 Å². The number of benzene rings is 2. The van der Waals surface area contributed by atoms with Crippen LogP contribution in [0.2, 0.25) is 0 Å². The number of carbonyl (C=O) groups is 2. The molecule has 0 saturated heterocycles. The number of carbonyl (C=O) groups excluding carboxylic acids is 2. The summed E-state index contributed by atoms with van der Waals surface area (Å²) in [6.45, 7) is 1.57. The van der Waals surface area contributed by atoms with Crippen LogP contribution in [0.5, 0.6) is 0 Å². The van der Waals surface area contributed by atoms with Crippen molar-refractivity contribution in [2.24, 2.45) is 0 Å². The fourth-order valence-corrected chi connectivity index (χ4v) is 2.27. The molecule has 0 aliphatic heterocycles. The molecule has 2 aromatic carbocycles. The Morgan fingerprint density at radius 3 is 2.50 bits per heavy atom. The van der Waals surface area contributed by atoms with Crippen LogP contribution in [0, 0.1) is 12.7 Å². The largest absolute Gasteiger partial charge is 0.396 e. The lowest BCUT2D eigenvalue weighted by Gasteiger charge is -2.18. The van der Waals surface area contributed by atoms with Crippen molar-refractivity contribution in [1.82, 2.24) is 5.32 Å². The molecule has 2 aromatic rings. The molecule has 0 aromatic heterocycles. The Bertz CT molecular complexity index is 719. The van der Waals surface area contributed by atoms with Crippen LogP contribution < -0.4 is 10.6 Å². The first-order valence-corrected chi connectivity index (χ1v) is 7.55. The van der Waals surface area contributed by atoms with Crippen molar-refractivity contribution in [2.45, 2.75) is 19.4 Å². The minimum atomic E-state index is -0.887. The topological polar surface area (TPSA) is 78.4 Å². The van der Waals surface area contributed by atoms with E-state index in [1.165, 1.54) is 12.1 Å².